The fourth-order valence-electron chi connectivity index (χ4n) is 0.584. The summed E-state index contributed by atoms with van der Waals surface area (Å²) in [5.74, 6) is -0.464. The van der Waals surface area contributed by atoms with Crippen LogP contribution in [-0.4, -0.2) is 22.9 Å². The summed E-state index contributed by atoms with van der Waals surface area (Å²) in [6.45, 7) is 3.53. The van der Waals surface area contributed by atoms with Crippen molar-refractivity contribution in [2.75, 3.05) is 0 Å². The van der Waals surface area contributed by atoms with Gasteiger partial charge in [-0.05, 0) is 13.8 Å². The molecule has 0 fully saturated rings. The van der Waals surface area contributed by atoms with E-state index in [-0.39, 0.29) is 18.0 Å². The molecule has 0 saturated heterocycles. The van der Waals surface area contributed by atoms with Gasteiger partial charge in [-0.2, -0.15) is 10.3 Å². The molecule has 0 aliphatic rings. The first-order chi connectivity index (χ1) is 5.49. The second kappa shape index (κ2) is 4.18. The van der Waals surface area contributed by atoms with Gasteiger partial charge in [-0.3, -0.25) is 5.41 Å². The van der Waals surface area contributed by atoms with Gasteiger partial charge in [0, 0.05) is 6.04 Å². The molecule has 0 aliphatic heterocycles. The van der Waals surface area contributed by atoms with Crippen LogP contribution in [-0.2, 0) is 0 Å². The van der Waals surface area contributed by atoms with Gasteiger partial charge in [-0.15, -0.1) is 0 Å². The molecular formula is C6H12N6. The highest BCUT2D eigenvalue weighted by Crippen LogP contribution is 1.97. The molecule has 0 saturated carbocycles. The molecule has 0 amide bonds. The molecule has 0 rings (SSSR count). The van der Waals surface area contributed by atoms with Crippen LogP contribution in [0.1, 0.15) is 13.8 Å². The first-order valence-corrected chi connectivity index (χ1v) is 3.36. The van der Waals surface area contributed by atoms with Crippen molar-refractivity contribution in [2.24, 2.45) is 16.5 Å². The quantitative estimate of drug-likeness (QED) is 0.209. The molecule has 0 bridgehead atoms. The summed E-state index contributed by atoms with van der Waals surface area (Å²) in [5.41, 5.74) is 10.1. The van der Waals surface area contributed by atoms with Crippen LogP contribution in [0.15, 0.2) is 4.99 Å². The molecule has 12 heavy (non-hydrogen) atoms. The third-order valence-electron chi connectivity index (χ3n) is 1.09. The van der Waals surface area contributed by atoms with Gasteiger partial charge in [0.05, 0.1) is 0 Å². The van der Waals surface area contributed by atoms with Gasteiger partial charge in [0.1, 0.15) is 0 Å². The maximum Gasteiger partial charge on any atom is 0.234 e. The van der Waals surface area contributed by atoms with E-state index in [1.165, 1.54) is 0 Å². The Morgan fingerprint density at radius 1 is 1.58 bits per heavy atom. The standard InChI is InChI=1S/C6H12N6/c1-4(2)12(3-7)6(10)11-5(8)9/h4H,1-2H3,(H5,8,9,10,11). The van der Waals surface area contributed by atoms with Gasteiger partial charge in [0.2, 0.25) is 5.96 Å². The van der Waals surface area contributed by atoms with Crippen molar-refractivity contribution in [3.63, 3.8) is 0 Å². The molecular weight excluding hydrogens is 156 g/mol. The van der Waals surface area contributed by atoms with Crippen LogP contribution in [0, 0.1) is 16.9 Å². The van der Waals surface area contributed by atoms with Gasteiger partial charge in [-0.25, -0.2) is 4.90 Å². The Hall–Kier alpha value is -1.77. The van der Waals surface area contributed by atoms with E-state index in [0.29, 0.717) is 0 Å². The Bertz CT molecular complexity index is 231. The maximum absolute atomic E-state index is 8.56. The second-order valence-electron chi connectivity index (χ2n) is 2.42. The Balaban J connectivity index is 4.47. The zero-order valence-electron chi connectivity index (χ0n) is 7.07. The minimum absolute atomic E-state index is 0.120. The molecule has 6 nitrogen and oxygen atoms in total. The van der Waals surface area contributed by atoms with E-state index in [0.717, 1.165) is 4.90 Å². The molecule has 6 heteroatoms. The van der Waals surface area contributed by atoms with Gasteiger partial charge < -0.3 is 11.5 Å². The topological polar surface area (TPSA) is 115 Å². The highest BCUT2D eigenvalue weighted by molar-refractivity contribution is 5.92. The summed E-state index contributed by atoms with van der Waals surface area (Å²) in [4.78, 5) is 4.53. The van der Waals surface area contributed by atoms with Crippen molar-refractivity contribution in [2.45, 2.75) is 19.9 Å². The summed E-state index contributed by atoms with van der Waals surface area (Å²) in [6.07, 6.45) is 1.80. The first kappa shape index (κ1) is 10.2. The van der Waals surface area contributed by atoms with Gasteiger partial charge in [-0.1, -0.05) is 0 Å². The predicted octanol–water partition coefficient (Wildman–Crippen LogP) is -0.614. The fraction of sp³-hybridized carbons (Fsp3) is 0.500. The van der Waals surface area contributed by atoms with Crippen molar-refractivity contribution >= 4 is 11.9 Å². The molecule has 0 aromatic carbocycles. The third-order valence-corrected chi connectivity index (χ3v) is 1.09. The van der Waals surface area contributed by atoms with Crippen molar-refractivity contribution in [3.05, 3.63) is 0 Å². The lowest BCUT2D eigenvalue weighted by Crippen LogP contribution is -2.34. The van der Waals surface area contributed by atoms with Crippen LogP contribution in [0.25, 0.3) is 0 Å². The highest BCUT2D eigenvalue weighted by Gasteiger charge is 2.11. The van der Waals surface area contributed by atoms with E-state index >= 15 is 0 Å². The van der Waals surface area contributed by atoms with Crippen molar-refractivity contribution < 1.29 is 0 Å². The molecule has 0 aromatic heterocycles. The van der Waals surface area contributed by atoms with Gasteiger partial charge in [0.15, 0.2) is 12.2 Å². The largest absolute Gasteiger partial charge is 0.370 e. The zero-order valence-corrected chi connectivity index (χ0v) is 7.07. The van der Waals surface area contributed by atoms with Crippen LogP contribution in [0.3, 0.4) is 0 Å². The second-order valence-corrected chi connectivity index (χ2v) is 2.42. The molecule has 0 atom stereocenters. The molecule has 0 unspecified atom stereocenters. The fourth-order valence-corrected chi connectivity index (χ4v) is 0.584. The normalized spacial score (nSPS) is 8.83. The number of guanidine groups is 2. The minimum Gasteiger partial charge on any atom is -0.370 e. The number of nitriles is 1. The number of aliphatic imine (C=N–C) groups is 1. The smallest absolute Gasteiger partial charge is 0.234 e. The van der Waals surface area contributed by atoms with Gasteiger partial charge >= 0.3 is 0 Å². The first-order valence-electron chi connectivity index (χ1n) is 3.36. The van der Waals surface area contributed by atoms with E-state index in [9.17, 15) is 0 Å². The summed E-state index contributed by atoms with van der Waals surface area (Å²) in [7, 11) is 0. The summed E-state index contributed by atoms with van der Waals surface area (Å²) in [6, 6.07) is -0.120. The monoisotopic (exact) mass is 168 g/mol. The lowest BCUT2D eigenvalue weighted by atomic mass is 10.4. The van der Waals surface area contributed by atoms with E-state index < -0.39 is 0 Å². The Labute approximate surface area is 71.0 Å². The number of rotatable bonds is 1. The van der Waals surface area contributed by atoms with Crippen LogP contribution >= 0.6 is 0 Å². The Morgan fingerprint density at radius 3 is 2.33 bits per heavy atom. The molecule has 0 aliphatic carbocycles. The number of hydrogen-bond donors (Lipinski definition) is 3. The van der Waals surface area contributed by atoms with Crippen LogP contribution in [0.2, 0.25) is 0 Å². The van der Waals surface area contributed by atoms with E-state index in [4.69, 9.17) is 22.1 Å². The SMILES string of the molecule is CC(C)N(C#N)C(=N)N=C(N)N. The van der Waals surface area contributed by atoms with Crippen LogP contribution < -0.4 is 11.5 Å². The Kier molecular flexibility index (Phi) is 3.56. The Morgan fingerprint density at radius 2 is 2.08 bits per heavy atom. The third kappa shape index (κ3) is 2.88. The maximum atomic E-state index is 8.56. The molecule has 5 N–H and O–H groups in total. The lowest BCUT2D eigenvalue weighted by Gasteiger charge is -2.16. The zero-order chi connectivity index (χ0) is 9.72. The minimum atomic E-state index is -0.243. The highest BCUT2D eigenvalue weighted by atomic mass is 15.3. The van der Waals surface area contributed by atoms with E-state index in [1.54, 1.807) is 20.0 Å². The van der Waals surface area contributed by atoms with E-state index in [1.807, 2.05) is 0 Å². The number of nitrogens with one attached hydrogen (secondary N) is 1. The summed E-state index contributed by atoms with van der Waals surface area (Å²) >= 11 is 0. The van der Waals surface area contributed by atoms with Crippen LogP contribution in [0.5, 0.6) is 0 Å². The molecule has 0 radical (unpaired) electrons. The average molecular weight is 168 g/mol. The molecule has 0 heterocycles. The van der Waals surface area contributed by atoms with Crippen LogP contribution in [0.4, 0.5) is 0 Å². The molecule has 66 valence electrons. The van der Waals surface area contributed by atoms with E-state index in [2.05, 4.69) is 4.99 Å². The summed E-state index contributed by atoms with van der Waals surface area (Å²) < 4.78 is 0. The van der Waals surface area contributed by atoms with Crippen molar-refractivity contribution in [1.82, 2.24) is 4.90 Å². The lowest BCUT2D eigenvalue weighted by molar-refractivity contribution is 0.467. The number of hydrogen-bond acceptors (Lipinski definition) is 2. The number of nitrogens with two attached hydrogens (primary N) is 2. The van der Waals surface area contributed by atoms with Gasteiger partial charge in [0.25, 0.3) is 0 Å². The molecule has 0 spiro atoms. The summed E-state index contributed by atoms with van der Waals surface area (Å²) in [5, 5.41) is 15.8. The van der Waals surface area contributed by atoms with Crippen molar-refractivity contribution in [1.29, 1.82) is 10.7 Å². The van der Waals surface area contributed by atoms with Crippen molar-refractivity contribution in [3.8, 4) is 6.19 Å². The molecule has 0 aromatic rings. The predicted molar refractivity (Wildman–Crippen MR) is 46.1 cm³/mol. The number of nitrogens with zero attached hydrogens (tertiary/aromatic N) is 3. The average Bonchev–Trinajstić information content (AvgIpc) is 1.85.